The summed E-state index contributed by atoms with van der Waals surface area (Å²) in [5.74, 6) is 0.811. The first-order valence-corrected chi connectivity index (χ1v) is 8.00. The van der Waals surface area contributed by atoms with Gasteiger partial charge in [0, 0.05) is 23.2 Å². The third-order valence-corrected chi connectivity index (χ3v) is 4.11. The first kappa shape index (κ1) is 16.5. The Labute approximate surface area is 141 Å². The van der Waals surface area contributed by atoms with Crippen LogP contribution in [-0.2, 0) is 6.54 Å². The number of halogens is 3. The van der Waals surface area contributed by atoms with E-state index in [1.807, 2.05) is 6.07 Å². The van der Waals surface area contributed by atoms with Crippen molar-refractivity contribution in [2.45, 2.75) is 19.9 Å². The van der Waals surface area contributed by atoms with Crippen molar-refractivity contribution in [1.82, 2.24) is 15.5 Å². The Morgan fingerprint density at radius 2 is 2.00 bits per heavy atom. The van der Waals surface area contributed by atoms with Crippen LogP contribution in [-0.4, -0.2) is 16.7 Å². The molecule has 0 saturated heterocycles. The number of benzene rings is 1. The smallest absolute Gasteiger partial charge is 0.238 e. The van der Waals surface area contributed by atoms with Gasteiger partial charge in [-0.25, -0.2) is 0 Å². The quantitative estimate of drug-likeness (QED) is 0.566. The van der Waals surface area contributed by atoms with Crippen molar-refractivity contribution in [2.24, 2.45) is 0 Å². The minimum Gasteiger partial charge on any atom is -0.436 e. The molecular weight excluding hydrogens is 377 g/mol. The van der Waals surface area contributed by atoms with Gasteiger partial charge in [0.25, 0.3) is 0 Å². The van der Waals surface area contributed by atoms with Crippen molar-refractivity contribution in [2.75, 3.05) is 6.54 Å². The SMILES string of the molecule is CCCNCc1ccc(Oc2cc(Cl)c(Br)cc2Cl)nn1. The fraction of sp³-hybridized carbons (Fsp3) is 0.286. The molecule has 2 aromatic rings. The number of nitrogens with zero attached hydrogens (tertiary/aromatic N) is 2. The zero-order chi connectivity index (χ0) is 15.2. The lowest BCUT2D eigenvalue weighted by molar-refractivity contribution is 0.453. The Hall–Kier alpha value is -0.880. The highest BCUT2D eigenvalue weighted by Crippen LogP contribution is 2.35. The number of rotatable bonds is 6. The second-order valence-electron chi connectivity index (χ2n) is 4.34. The molecule has 1 heterocycles. The molecule has 1 aromatic heterocycles. The summed E-state index contributed by atoms with van der Waals surface area (Å²) in [4.78, 5) is 0. The van der Waals surface area contributed by atoms with E-state index in [1.165, 1.54) is 0 Å². The summed E-state index contributed by atoms with van der Waals surface area (Å²) in [6, 6.07) is 6.92. The van der Waals surface area contributed by atoms with Gasteiger partial charge in [-0.2, -0.15) is 5.10 Å². The van der Waals surface area contributed by atoms with E-state index in [9.17, 15) is 0 Å². The molecule has 0 aliphatic heterocycles. The second kappa shape index (κ2) is 7.94. The van der Waals surface area contributed by atoms with Gasteiger partial charge in [0.2, 0.25) is 5.88 Å². The fourth-order valence-corrected chi connectivity index (χ4v) is 2.42. The van der Waals surface area contributed by atoms with Gasteiger partial charge in [-0.3, -0.25) is 0 Å². The van der Waals surface area contributed by atoms with Crippen LogP contribution in [0.4, 0.5) is 0 Å². The van der Waals surface area contributed by atoms with E-state index in [2.05, 4.69) is 38.4 Å². The summed E-state index contributed by atoms with van der Waals surface area (Å²) in [7, 11) is 0. The lowest BCUT2D eigenvalue weighted by Crippen LogP contribution is -2.15. The van der Waals surface area contributed by atoms with Crippen molar-refractivity contribution >= 4 is 39.1 Å². The Morgan fingerprint density at radius 3 is 2.67 bits per heavy atom. The Balaban J connectivity index is 2.05. The van der Waals surface area contributed by atoms with Crippen molar-refractivity contribution in [3.8, 4) is 11.6 Å². The van der Waals surface area contributed by atoms with Crippen LogP contribution >= 0.6 is 39.1 Å². The summed E-state index contributed by atoms with van der Waals surface area (Å²) in [5, 5.41) is 12.3. The third-order valence-electron chi connectivity index (χ3n) is 2.62. The summed E-state index contributed by atoms with van der Waals surface area (Å²) in [6.07, 6.45) is 1.08. The fourth-order valence-electron chi connectivity index (χ4n) is 1.58. The molecule has 0 atom stereocenters. The van der Waals surface area contributed by atoms with Crippen LogP contribution in [0, 0.1) is 0 Å². The minimum atomic E-state index is 0.370. The molecular formula is C14H14BrCl2N3O. The van der Waals surface area contributed by atoms with E-state index in [1.54, 1.807) is 18.2 Å². The largest absolute Gasteiger partial charge is 0.436 e. The zero-order valence-electron chi connectivity index (χ0n) is 11.4. The minimum absolute atomic E-state index is 0.370. The summed E-state index contributed by atoms with van der Waals surface area (Å²) in [5.41, 5.74) is 0.857. The molecule has 0 aliphatic carbocycles. The van der Waals surface area contributed by atoms with Gasteiger partial charge in [-0.15, -0.1) is 5.10 Å². The van der Waals surface area contributed by atoms with Gasteiger partial charge < -0.3 is 10.1 Å². The predicted octanol–water partition coefficient (Wildman–Crippen LogP) is 4.84. The maximum atomic E-state index is 6.10. The van der Waals surface area contributed by atoms with Crippen molar-refractivity contribution in [1.29, 1.82) is 0 Å². The van der Waals surface area contributed by atoms with Crippen LogP contribution in [0.25, 0.3) is 0 Å². The van der Waals surface area contributed by atoms with Crippen LogP contribution in [0.5, 0.6) is 11.6 Å². The molecule has 4 nitrogen and oxygen atoms in total. The molecule has 0 spiro atoms. The summed E-state index contributed by atoms with van der Waals surface area (Å²) >= 11 is 15.4. The molecule has 1 N–H and O–H groups in total. The maximum absolute atomic E-state index is 6.10. The van der Waals surface area contributed by atoms with E-state index < -0.39 is 0 Å². The van der Waals surface area contributed by atoms with Gasteiger partial charge >= 0.3 is 0 Å². The average Bonchev–Trinajstić information content (AvgIpc) is 2.47. The van der Waals surface area contributed by atoms with Crippen LogP contribution in [0.2, 0.25) is 10.0 Å². The van der Waals surface area contributed by atoms with Crippen LogP contribution in [0.3, 0.4) is 0 Å². The highest BCUT2D eigenvalue weighted by Gasteiger charge is 2.09. The Bertz CT molecular complexity index is 608. The van der Waals surface area contributed by atoms with E-state index in [0.29, 0.717) is 32.7 Å². The van der Waals surface area contributed by atoms with Crippen molar-refractivity contribution in [3.63, 3.8) is 0 Å². The predicted molar refractivity (Wildman–Crippen MR) is 88.3 cm³/mol. The highest BCUT2D eigenvalue weighted by molar-refractivity contribution is 9.10. The molecule has 2 rings (SSSR count). The number of hydrogen-bond acceptors (Lipinski definition) is 4. The van der Waals surface area contributed by atoms with E-state index >= 15 is 0 Å². The first-order valence-electron chi connectivity index (χ1n) is 6.46. The molecule has 1 aromatic carbocycles. The molecule has 7 heteroatoms. The molecule has 0 fully saturated rings. The van der Waals surface area contributed by atoms with Gasteiger partial charge in [0.1, 0.15) is 5.75 Å². The van der Waals surface area contributed by atoms with Gasteiger partial charge in [-0.1, -0.05) is 30.1 Å². The number of hydrogen-bond donors (Lipinski definition) is 1. The summed E-state index contributed by atoms with van der Waals surface area (Å²) < 4.78 is 6.31. The zero-order valence-corrected chi connectivity index (χ0v) is 14.5. The highest BCUT2D eigenvalue weighted by atomic mass is 79.9. The van der Waals surface area contributed by atoms with Crippen LogP contribution < -0.4 is 10.1 Å². The molecule has 112 valence electrons. The average molecular weight is 391 g/mol. The third kappa shape index (κ3) is 4.81. The number of nitrogens with one attached hydrogen (secondary N) is 1. The molecule has 0 bridgehead atoms. The Kier molecular flexibility index (Phi) is 6.23. The van der Waals surface area contributed by atoms with E-state index in [0.717, 1.165) is 18.7 Å². The number of aromatic nitrogens is 2. The molecule has 0 unspecified atom stereocenters. The van der Waals surface area contributed by atoms with Crippen molar-refractivity contribution < 1.29 is 4.74 Å². The number of ether oxygens (including phenoxy) is 1. The van der Waals surface area contributed by atoms with Gasteiger partial charge in [-0.05, 0) is 41.0 Å². The van der Waals surface area contributed by atoms with Crippen molar-refractivity contribution in [3.05, 3.63) is 44.5 Å². The maximum Gasteiger partial charge on any atom is 0.238 e. The van der Waals surface area contributed by atoms with Gasteiger partial charge in [0.05, 0.1) is 15.7 Å². The molecule has 0 amide bonds. The Morgan fingerprint density at radius 1 is 1.19 bits per heavy atom. The van der Waals surface area contributed by atoms with Crippen LogP contribution in [0.1, 0.15) is 19.0 Å². The van der Waals surface area contributed by atoms with Crippen LogP contribution in [0.15, 0.2) is 28.7 Å². The molecule has 0 aliphatic rings. The monoisotopic (exact) mass is 389 g/mol. The standard InChI is InChI=1S/C14H14BrCl2N3O/c1-2-5-18-8-9-3-4-14(20-19-9)21-13-7-11(16)10(15)6-12(13)17/h3-4,6-7,18H,2,5,8H2,1H3. The molecule has 0 saturated carbocycles. The van der Waals surface area contributed by atoms with Gasteiger partial charge in [0.15, 0.2) is 0 Å². The first-order chi connectivity index (χ1) is 10.1. The van der Waals surface area contributed by atoms with E-state index in [-0.39, 0.29) is 0 Å². The van der Waals surface area contributed by atoms with E-state index in [4.69, 9.17) is 27.9 Å². The normalized spacial score (nSPS) is 10.7. The summed E-state index contributed by atoms with van der Waals surface area (Å²) in [6.45, 7) is 3.75. The topological polar surface area (TPSA) is 47.0 Å². The molecule has 21 heavy (non-hydrogen) atoms. The second-order valence-corrected chi connectivity index (χ2v) is 6.01. The molecule has 0 radical (unpaired) electrons. The lowest BCUT2D eigenvalue weighted by atomic mass is 10.3. The lowest BCUT2D eigenvalue weighted by Gasteiger charge is -2.08.